The fraction of sp³-hybridized carbons (Fsp3) is 0.0588. The molecule has 0 heterocycles. The molecule has 0 aliphatic rings. The molecule has 5 heteroatoms. The maximum absolute atomic E-state index is 10.8. The molecule has 5 nitrogen and oxygen atoms in total. The number of phenols is 1. The van der Waals surface area contributed by atoms with Crippen LogP contribution in [0.15, 0.2) is 42.5 Å². The van der Waals surface area contributed by atoms with Crippen LogP contribution in [0.1, 0.15) is 27.0 Å². The van der Waals surface area contributed by atoms with Gasteiger partial charge >= 0.3 is 11.9 Å². The van der Waals surface area contributed by atoms with E-state index in [2.05, 4.69) is 0 Å². The van der Waals surface area contributed by atoms with Gasteiger partial charge in [0.25, 0.3) is 0 Å². The van der Waals surface area contributed by atoms with Gasteiger partial charge in [0, 0.05) is 5.56 Å². The first kappa shape index (κ1) is 15.3. The molecule has 0 bridgehead atoms. The average Bonchev–Trinajstić information content (AvgIpc) is 2.48. The fourth-order valence-electron chi connectivity index (χ4n) is 1.94. The largest absolute Gasteiger partial charge is 0.508 e. The molecule has 2 rings (SSSR count). The number of hydrogen-bond acceptors (Lipinski definition) is 3. The third kappa shape index (κ3) is 3.96. The zero-order valence-corrected chi connectivity index (χ0v) is 11.6. The van der Waals surface area contributed by atoms with Crippen LogP contribution in [0.3, 0.4) is 0 Å². The monoisotopic (exact) mass is 298 g/mol. The Morgan fingerprint density at radius 3 is 2.09 bits per heavy atom. The van der Waals surface area contributed by atoms with Crippen LogP contribution < -0.4 is 0 Å². The molecule has 3 N–H and O–H groups in total. The first-order chi connectivity index (χ1) is 10.5. The molecule has 112 valence electrons. The van der Waals surface area contributed by atoms with Crippen molar-refractivity contribution in [3.63, 3.8) is 0 Å². The normalized spacial score (nSPS) is 10.7. The fourth-order valence-corrected chi connectivity index (χ4v) is 1.94. The first-order valence-electron chi connectivity index (χ1n) is 6.51. The van der Waals surface area contributed by atoms with Crippen molar-refractivity contribution in [3.05, 3.63) is 64.7 Å². The molecule has 0 spiro atoms. The van der Waals surface area contributed by atoms with E-state index >= 15 is 0 Å². The SMILES string of the molecule is O=C(O)Cc1cc(C=Cc2ccc(C(=O)O)cc2)ccc1O. The minimum atomic E-state index is -1.01. The highest BCUT2D eigenvalue weighted by Gasteiger charge is 2.06. The van der Waals surface area contributed by atoms with Gasteiger partial charge in [0.15, 0.2) is 0 Å². The number of aliphatic carboxylic acids is 1. The number of hydrogen-bond donors (Lipinski definition) is 3. The summed E-state index contributed by atoms with van der Waals surface area (Å²) in [6.07, 6.45) is 3.30. The first-order valence-corrected chi connectivity index (χ1v) is 6.51. The van der Waals surface area contributed by atoms with E-state index in [0.717, 1.165) is 11.1 Å². The Balaban J connectivity index is 2.19. The van der Waals surface area contributed by atoms with E-state index in [1.54, 1.807) is 36.4 Å². The average molecular weight is 298 g/mol. The minimum Gasteiger partial charge on any atom is -0.508 e. The van der Waals surface area contributed by atoms with Gasteiger partial charge in [-0.25, -0.2) is 4.79 Å². The molecule has 0 radical (unpaired) electrons. The molecule has 0 aromatic heterocycles. The topological polar surface area (TPSA) is 94.8 Å². The summed E-state index contributed by atoms with van der Waals surface area (Å²) in [6, 6.07) is 11.1. The van der Waals surface area contributed by atoms with Crippen molar-refractivity contribution in [2.24, 2.45) is 0 Å². The number of carbonyl (C=O) groups is 2. The number of benzene rings is 2. The molecular formula is C17H14O5. The Kier molecular flexibility index (Phi) is 4.58. The van der Waals surface area contributed by atoms with Gasteiger partial charge in [-0.1, -0.05) is 30.4 Å². The number of carboxylic acid groups (broad SMARTS) is 2. The van der Waals surface area contributed by atoms with E-state index in [0.29, 0.717) is 5.56 Å². The van der Waals surface area contributed by atoms with Crippen LogP contribution in [0, 0.1) is 0 Å². The summed E-state index contributed by atoms with van der Waals surface area (Å²) in [4.78, 5) is 21.5. The van der Waals surface area contributed by atoms with Crippen molar-refractivity contribution >= 4 is 24.1 Å². The summed E-state index contributed by atoms with van der Waals surface area (Å²) >= 11 is 0. The van der Waals surface area contributed by atoms with Crippen LogP contribution >= 0.6 is 0 Å². The van der Waals surface area contributed by atoms with Crippen LogP contribution in [-0.4, -0.2) is 27.3 Å². The summed E-state index contributed by atoms with van der Waals surface area (Å²) in [7, 11) is 0. The Labute approximate surface area is 126 Å². The van der Waals surface area contributed by atoms with E-state index in [1.165, 1.54) is 18.2 Å². The standard InChI is InChI=1S/C17H14O5/c18-15-8-5-12(9-14(15)10-16(19)20)2-1-11-3-6-13(7-4-11)17(21)22/h1-9,18H,10H2,(H,19,20)(H,21,22). The number of aromatic hydroxyl groups is 1. The predicted molar refractivity (Wildman–Crippen MR) is 81.8 cm³/mol. The van der Waals surface area contributed by atoms with Gasteiger partial charge in [0.2, 0.25) is 0 Å². The summed E-state index contributed by atoms with van der Waals surface area (Å²) in [5, 5.41) is 27.2. The van der Waals surface area contributed by atoms with Crippen LogP contribution in [0.5, 0.6) is 5.75 Å². The molecule has 0 saturated heterocycles. The Hall–Kier alpha value is -3.08. The van der Waals surface area contributed by atoms with E-state index in [9.17, 15) is 14.7 Å². The number of carboxylic acids is 2. The van der Waals surface area contributed by atoms with Crippen LogP contribution in [-0.2, 0) is 11.2 Å². The quantitative estimate of drug-likeness (QED) is 0.738. The van der Waals surface area contributed by atoms with Gasteiger partial charge < -0.3 is 15.3 Å². The maximum Gasteiger partial charge on any atom is 0.335 e. The van der Waals surface area contributed by atoms with E-state index < -0.39 is 11.9 Å². The zero-order valence-electron chi connectivity index (χ0n) is 11.6. The molecule has 0 fully saturated rings. The second-order valence-electron chi connectivity index (χ2n) is 4.72. The smallest absolute Gasteiger partial charge is 0.335 e. The van der Waals surface area contributed by atoms with Gasteiger partial charge in [-0.3, -0.25) is 4.79 Å². The third-order valence-electron chi connectivity index (χ3n) is 3.07. The lowest BCUT2D eigenvalue weighted by Crippen LogP contribution is -2.00. The maximum atomic E-state index is 10.8. The molecule has 2 aromatic rings. The van der Waals surface area contributed by atoms with Crippen molar-refractivity contribution in [2.75, 3.05) is 0 Å². The number of phenolic OH excluding ortho intramolecular Hbond substituents is 1. The van der Waals surface area contributed by atoms with Crippen LogP contribution in [0.25, 0.3) is 12.2 Å². The highest BCUT2D eigenvalue weighted by molar-refractivity contribution is 5.88. The highest BCUT2D eigenvalue weighted by Crippen LogP contribution is 2.20. The molecular weight excluding hydrogens is 284 g/mol. The summed E-state index contributed by atoms with van der Waals surface area (Å²) < 4.78 is 0. The van der Waals surface area contributed by atoms with Gasteiger partial charge in [0.05, 0.1) is 12.0 Å². The Morgan fingerprint density at radius 1 is 0.909 bits per heavy atom. The van der Waals surface area contributed by atoms with Crippen molar-refractivity contribution in [1.82, 2.24) is 0 Å². The van der Waals surface area contributed by atoms with Crippen molar-refractivity contribution in [3.8, 4) is 5.75 Å². The Bertz CT molecular complexity index is 729. The molecule has 0 unspecified atom stereocenters. The molecule has 0 aliphatic carbocycles. The van der Waals surface area contributed by atoms with Gasteiger partial charge in [-0.2, -0.15) is 0 Å². The molecule has 0 aliphatic heterocycles. The van der Waals surface area contributed by atoms with Crippen molar-refractivity contribution < 1.29 is 24.9 Å². The molecule has 0 saturated carbocycles. The van der Waals surface area contributed by atoms with Crippen molar-refractivity contribution in [2.45, 2.75) is 6.42 Å². The minimum absolute atomic E-state index is 0.0506. The second kappa shape index (κ2) is 6.58. The molecule has 2 aromatic carbocycles. The van der Waals surface area contributed by atoms with Crippen LogP contribution in [0.4, 0.5) is 0 Å². The lowest BCUT2D eigenvalue weighted by atomic mass is 10.1. The summed E-state index contributed by atoms with van der Waals surface area (Å²) in [5.74, 6) is -2.04. The Morgan fingerprint density at radius 2 is 1.50 bits per heavy atom. The van der Waals surface area contributed by atoms with Crippen molar-refractivity contribution in [1.29, 1.82) is 0 Å². The lowest BCUT2D eigenvalue weighted by molar-refractivity contribution is -0.136. The van der Waals surface area contributed by atoms with Crippen LogP contribution in [0.2, 0.25) is 0 Å². The molecule has 0 atom stereocenters. The zero-order chi connectivity index (χ0) is 16.1. The lowest BCUT2D eigenvalue weighted by Gasteiger charge is -2.03. The van der Waals surface area contributed by atoms with E-state index in [4.69, 9.17) is 10.2 Å². The molecule has 0 amide bonds. The van der Waals surface area contributed by atoms with Gasteiger partial charge in [0.1, 0.15) is 5.75 Å². The number of aromatic carboxylic acids is 1. The number of rotatable bonds is 5. The van der Waals surface area contributed by atoms with Gasteiger partial charge in [-0.15, -0.1) is 0 Å². The molecule has 22 heavy (non-hydrogen) atoms. The predicted octanol–water partition coefficient (Wildman–Crippen LogP) is 2.89. The second-order valence-corrected chi connectivity index (χ2v) is 4.72. The highest BCUT2D eigenvalue weighted by atomic mass is 16.4. The van der Waals surface area contributed by atoms with E-state index in [-0.39, 0.29) is 17.7 Å². The van der Waals surface area contributed by atoms with Gasteiger partial charge in [-0.05, 0) is 35.4 Å². The third-order valence-corrected chi connectivity index (χ3v) is 3.07. The summed E-state index contributed by atoms with van der Waals surface area (Å²) in [6.45, 7) is 0. The van der Waals surface area contributed by atoms with E-state index in [1.807, 2.05) is 0 Å². The summed E-state index contributed by atoms with van der Waals surface area (Å²) in [5.41, 5.74) is 2.12.